The third kappa shape index (κ3) is 34.6. The molecule has 106 heavy (non-hydrogen) atoms. The van der Waals surface area contributed by atoms with Crippen molar-refractivity contribution in [2.75, 3.05) is 88.9 Å². The summed E-state index contributed by atoms with van der Waals surface area (Å²) in [4.78, 5) is 2.28. The first-order chi connectivity index (χ1) is 51.3. The van der Waals surface area contributed by atoms with Gasteiger partial charge in [0.1, 0.15) is 12.2 Å². The van der Waals surface area contributed by atoms with Gasteiger partial charge in [0.25, 0.3) is 20.2 Å². The molecule has 0 amide bonds. The Balaban J connectivity index is 0.950. The first-order valence-electron chi connectivity index (χ1n) is 40.9. The number of ether oxygens (including phenoxy) is 3. The van der Waals surface area contributed by atoms with E-state index in [2.05, 4.69) is 157 Å². The minimum atomic E-state index is -4.07. The molecule has 0 saturated carbocycles. The number of fused-ring (bicyclic) bond motifs is 2. The maximum atomic E-state index is 14.0. The number of unbranched alkanes of at least 4 members (excludes halogenated alkanes) is 26. The number of para-hydroxylation sites is 2. The Morgan fingerprint density at radius 3 is 1.63 bits per heavy atom. The number of hydrogen-bond donors (Lipinski definition) is 4. The second kappa shape index (κ2) is 50.8. The topological polar surface area (TPSA) is 233 Å². The molecule has 19 nitrogen and oxygen atoms in total. The van der Waals surface area contributed by atoms with E-state index in [1.54, 1.807) is 4.68 Å². The van der Waals surface area contributed by atoms with Gasteiger partial charge >= 0.3 is 7.75 Å². The zero-order valence-electron chi connectivity index (χ0n) is 65.9. The summed E-state index contributed by atoms with van der Waals surface area (Å²) < 4.78 is 113. The van der Waals surface area contributed by atoms with Crippen molar-refractivity contribution in [1.82, 2.24) is 25.4 Å². The Bertz CT molecular complexity index is 3460. The molecule has 0 fully saturated rings. The minimum absolute atomic E-state index is 0.285. The average molecular weight is 1530 g/mol. The third-order valence-electron chi connectivity index (χ3n) is 20.5. The van der Waals surface area contributed by atoms with E-state index in [4.69, 9.17) is 23.3 Å². The molecule has 22 heteroatoms. The van der Waals surface area contributed by atoms with E-state index in [0.29, 0.717) is 111 Å². The van der Waals surface area contributed by atoms with Crippen molar-refractivity contribution < 1.29 is 58.3 Å². The van der Waals surface area contributed by atoms with E-state index >= 15 is 0 Å². The number of allylic oxidation sites excluding steroid dienone is 11. The molecule has 0 saturated heterocycles. The normalized spacial score (nSPS) is 16.1. The van der Waals surface area contributed by atoms with Crippen LogP contribution in [0.3, 0.4) is 0 Å². The highest BCUT2D eigenvalue weighted by molar-refractivity contribution is 7.86. The first kappa shape index (κ1) is 90.0. The molecule has 2 aromatic carbocycles. The SMILES string of the molecule is CCCCCCCC/C=C\CCCCCCCCOP(=O)(NCCOCCOCCOCCn1cc(CNC2=C(/C=C/C3=[N+](CCCCS(=O)(=O)O)c4ccccc4C3(C)C)CC/C2=C/C=C2\N(CCCCS(=O)(=O)O)c3ccccc3C2(C)C)nn1)OCCCCCCCC/C=C\CCCCCCCC. The van der Waals surface area contributed by atoms with Crippen molar-refractivity contribution in [3.8, 4) is 0 Å². The van der Waals surface area contributed by atoms with E-state index in [1.807, 2.05) is 18.3 Å². The largest absolute Gasteiger partial charge is 0.405 e. The van der Waals surface area contributed by atoms with Crippen LogP contribution in [0.2, 0.25) is 0 Å². The fourth-order valence-corrected chi connectivity index (χ4v) is 16.9. The summed E-state index contributed by atoms with van der Waals surface area (Å²) in [5.41, 5.74) is 10.0. The van der Waals surface area contributed by atoms with Crippen molar-refractivity contribution in [1.29, 1.82) is 0 Å². The van der Waals surface area contributed by atoms with Crippen LogP contribution in [0.25, 0.3) is 0 Å². The third-order valence-corrected chi connectivity index (χ3v) is 23.8. The van der Waals surface area contributed by atoms with Gasteiger partial charge < -0.3 is 24.4 Å². The van der Waals surface area contributed by atoms with Gasteiger partial charge in [0.05, 0.1) is 89.1 Å². The maximum Gasteiger partial charge on any atom is 0.405 e. The Morgan fingerprint density at radius 2 is 1.06 bits per heavy atom. The lowest BCUT2D eigenvalue weighted by molar-refractivity contribution is -0.438. The predicted molar refractivity (Wildman–Crippen MR) is 435 cm³/mol. The van der Waals surface area contributed by atoms with Crippen molar-refractivity contribution >= 4 is 45.1 Å². The summed E-state index contributed by atoms with van der Waals surface area (Å²) >= 11 is 0. The van der Waals surface area contributed by atoms with Crippen LogP contribution >= 0.6 is 7.75 Å². The molecule has 2 aliphatic heterocycles. The summed E-state index contributed by atoms with van der Waals surface area (Å²) in [6, 6.07) is 16.7. The smallest absolute Gasteiger partial charge is 0.379 e. The molecule has 1 aromatic heterocycles. The van der Waals surface area contributed by atoms with Crippen LogP contribution in [-0.4, -0.2) is 135 Å². The second-order valence-corrected chi connectivity index (χ2v) is 35.0. The van der Waals surface area contributed by atoms with Crippen molar-refractivity contribution in [3.05, 3.63) is 143 Å². The van der Waals surface area contributed by atoms with Gasteiger partial charge in [0.15, 0.2) is 5.71 Å². The van der Waals surface area contributed by atoms with Gasteiger partial charge in [0.2, 0.25) is 5.69 Å². The van der Waals surface area contributed by atoms with E-state index in [1.165, 1.54) is 152 Å². The minimum Gasteiger partial charge on any atom is -0.379 e. The highest BCUT2D eigenvalue weighted by Crippen LogP contribution is 2.49. The Kier molecular flexibility index (Phi) is 43.1. The molecule has 0 spiro atoms. The average Bonchev–Trinajstić information content (AvgIpc) is 1.60. The fourth-order valence-electron chi connectivity index (χ4n) is 14.4. The van der Waals surface area contributed by atoms with E-state index < -0.39 is 28.0 Å². The van der Waals surface area contributed by atoms with Crippen molar-refractivity contribution in [2.24, 2.45) is 0 Å². The van der Waals surface area contributed by atoms with E-state index in [9.17, 15) is 30.5 Å². The number of benzene rings is 2. The summed E-state index contributed by atoms with van der Waals surface area (Å²) in [6.45, 7) is 18.9. The lowest BCUT2D eigenvalue weighted by atomic mass is 9.81. The van der Waals surface area contributed by atoms with Gasteiger partial charge in [-0.15, -0.1) is 5.10 Å². The predicted octanol–water partition coefficient (Wildman–Crippen LogP) is 19.8. The number of anilines is 1. The number of nitrogens with zero attached hydrogens (tertiary/aromatic N) is 5. The van der Waals surface area contributed by atoms with Crippen molar-refractivity contribution in [3.63, 3.8) is 0 Å². The monoisotopic (exact) mass is 1530 g/mol. The van der Waals surface area contributed by atoms with Crippen LogP contribution in [0.4, 0.5) is 11.4 Å². The quantitative estimate of drug-likeness (QED) is 0.0135. The molecule has 0 bridgehead atoms. The standard InChI is InChI=1S/C84H136N7O12PS2/c1-7-9-11-13-15-17-19-21-23-25-27-29-31-33-35-43-61-102-104(92,103-62-44-36-34-32-30-28-26-24-22-20-18-16-14-12-10-8-2)86-57-63-99-65-67-101-68-66-100-64-60-89-72-75(87-88-89)71-85-82-73(53-55-80-83(3,4)76-47-37-39-49-78(76)90(80)58-41-45-69-105(93,94)95)51-52-74(82)54-56-81-84(5,6)77-48-38-40-50-79(77)91(81)59-42-46-70-106(96,97)98/h21-24,37-40,47-50,53-56,72H,7-20,25-36,41-46,51-52,57-71H2,1-6H3,(H3,86,92,93,94,95,96,97,98)/p+1/b23-21-,24-22-,73-53-,80-55-. The van der Waals surface area contributed by atoms with Crippen LogP contribution in [-0.2, 0) is 72.0 Å². The zero-order valence-corrected chi connectivity index (χ0v) is 68.5. The van der Waals surface area contributed by atoms with Crippen LogP contribution < -0.4 is 15.3 Å². The first-order valence-corrected chi connectivity index (χ1v) is 45.7. The highest BCUT2D eigenvalue weighted by Gasteiger charge is 2.44. The lowest BCUT2D eigenvalue weighted by Gasteiger charge is -2.27. The number of aromatic nitrogens is 3. The van der Waals surface area contributed by atoms with E-state index in [-0.39, 0.29) is 22.3 Å². The molecular formula is C84H137N7O12PS2+. The van der Waals surface area contributed by atoms with Gasteiger partial charge in [-0.2, -0.15) is 21.4 Å². The van der Waals surface area contributed by atoms with Gasteiger partial charge in [-0.05, 0) is 139 Å². The number of rotatable bonds is 63. The summed E-state index contributed by atoms with van der Waals surface area (Å²) in [6.07, 6.45) is 57.9. The molecule has 0 atom stereocenters. The fraction of sp³-hybridized carbons (Fsp3) is 0.679. The van der Waals surface area contributed by atoms with Crippen molar-refractivity contribution in [2.45, 2.75) is 284 Å². The van der Waals surface area contributed by atoms with Gasteiger partial charge in [-0.25, -0.2) is 14.3 Å². The molecule has 3 aliphatic rings. The van der Waals surface area contributed by atoms with Crippen LogP contribution in [0.15, 0.2) is 126 Å². The van der Waals surface area contributed by atoms with Crippen LogP contribution in [0.1, 0.15) is 277 Å². The second-order valence-electron chi connectivity index (χ2n) is 30.0. The van der Waals surface area contributed by atoms with Crippen LogP contribution in [0.5, 0.6) is 0 Å². The number of nitrogens with one attached hydrogen (secondary N) is 2. The Hall–Kier alpha value is -4.90. The Labute approximate surface area is 640 Å². The maximum absolute atomic E-state index is 14.0. The molecule has 3 heterocycles. The van der Waals surface area contributed by atoms with Gasteiger partial charge in [-0.3, -0.25) is 18.2 Å². The summed E-state index contributed by atoms with van der Waals surface area (Å²) in [7, 11) is -11.7. The molecule has 0 unspecified atom stereocenters. The summed E-state index contributed by atoms with van der Waals surface area (Å²) in [5, 5.41) is 15.8. The van der Waals surface area contributed by atoms with Crippen LogP contribution in [0, 0.1) is 0 Å². The molecular weight excluding hydrogens is 1390 g/mol. The molecule has 4 N–H and O–H groups in total. The number of hydrogen-bond acceptors (Lipinski definition) is 14. The molecule has 1 aliphatic carbocycles. The molecule has 6 rings (SSSR count). The summed E-state index contributed by atoms with van der Waals surface area (Å²) in [5.74, 6) is -0.569. The molecule has 0 radical (unpaired) electrons. The van der Waals surface area contributed by atoms with Gasteiger partial charge in [-0.1, -0.05) is 221 Å². The molecule has 596 valence electrons. The molecule has 3 aromatic rings. The highest BCUT2D eigenvalue weighted by atomic mass is 32.2. The van der Waals surface area contributed by atoms with E-state index in [0.717, 1.165) is 96.7 Å². The zero-order chi connectivity index (χ0) is 76.0. The lowest BCUT2D eigenvalue weighted by Crippen LogP contribution is -2.28. The van der Waals surface area contributed by atoms with Gasteiger partial charge in [0, 0.05) is 59.7 Å². The Morgan fingerprint density at radius 1 is 0.547 bits per heavy atom.